The number of amides is 1. The molecule has 0 aliphatic carbocycles. The maximum absolute atomic E-state index is 12.6. The summed E-state index contributed by atoms with van der Waals surface area (Å²) in [5.41, 5.74) is 0. The van der Waals surface area contributed by atoms with Gasteiger partial charge in [-0.25, -0.2) is 4.98 Å². The van der Waals surface area contributed by atoms with Crippen molar-refractivity contribution in [2.45, 2.75) is 25.0 Å². The SMILES string of the molecule is Cn1cnc(C(=O)N2C[C@@H]3OCCN(CCN4CCCC4)[C@@H]3C2)n1. The molecule has 3 saturated heterocycles. The quantitative estimate of drug-likeness (QED) is 0.735. The van der Waals surface area contributed by atoms with E-state index in [0.717, 1.165) is 26.2 Å². The Morgan fingerprint density at radius 3 is 2.83 bits per heavy atom. The molecule has 0 N–H and O–H groups in total. The number of hydrogen-bond acceptors (Lipinski definition) is 6. The molecule has 2 atom stereocenters. The Balaban J connectivity index is 1.37. The van der Waals surface area contributed by atoms with Gasteiger partial charge < -0.3 is 14.5 Å². The summed E-state index contributed by atoms with van der Waals surface area (Å²) in [5, 5.41) is 4.13. The monoisotopic (exact) mass is 334 g/mol. The minimum Gasteiger partial charge on any atom is -0.373 e. The Labute approximate surface area is 142 Å². The summed E-state index contributed by atoms with van der Waals surface area (Å²) >= 11 is 0. The molecule has 1 aromatic rings. The van der Waals surface area contributed by atoms with Gasteiger partial charge in [-0.05, 0) is 25.9 Å². The van der Waals surface area contributed by atoms with E-state index in [9.17, 15) is 4.79 Å². The summed E-state index contributed by atoms with van der Waals surface area (Å²) in [5.74, 6) is 0.188. The number of morpholine rings is 1. The molecular weight excluding hydrogens is 308 g/mol. The van der Waals surface area contributed by atoms with Gasteiger partial charge in [0.2, 0.25) is 5.82 Å². The molecule has 3 aliphatic heterocycles. The first-order valence-corrected chi connectivity index (χ1v) is 8.93. The van der Waals surface area contributed by atoms with Crippen LogP contribution in [0.5, 0.6) is 0 Å². The van der Waals surface area contributed by atoms with Crippen LogP contribution in [0.25, 0.3) is 0 Å². The van der Waals surface area contributed by atoms with Crippen molar-refractivity contribution in [2.24, 2.45) is 7.05 Å². The van der Waals surface area contributed by atoms with E-state index in [1.165, 1.54) is 25.9 Å². The number of ether oxygens (including phenoxy) is 1. The minimum atomic E-state index is -0.0897. The molecule has 0 bridgehead atoms. The number of likely N-dealkylation sites (tertiary alicyclic amines) is 2. The number of hydrogen-bond donors (Lipinski definition) is 0. The van der Waals surface area contributed by atoms with Gasteiger partial charge in [-0.15, -0.1) is 5.10 Å². The van der Waals surface area contributed by atoms with Crippen LogP contribution in [-0.2, 0) is 11.8 Å². The lowest BCUT2D eigenvalue weighted by Gasteiger charge is -2.37. The number of rotatable bonds is 4. The zero-order valence-electron chi connectivity index (χ0n) is 14.3. The van der Waals surface area contributed by atoms with Crippen molar-refractivity contribution in [2.75, 3.05) is 52.4 Å². The molecule has 3 fully saturated rings. The summed E-state index contributed by atoms with van der Waals surface area (Å²) in [4.78, 5) is 23.6. The average molecular weight is 334 g/mol. The first-order valence-electron chi connectivity index (χ1n) is 8.93. The molecule has 4 rings (SSSR count). The van der Waals surface area contributed by atoms with Gasteiger partial charge in [0.25, 0.3) is 5.91 Å². The Kier molecular flexibility index (Phi) is 4.51. The number of carbonyl (C=O) groups is 1. The summed E-state index contributed by atoms with van der Waals surface area (Å²) < 4.78 is 7.49. The van der Waals surface area contributed by atoms with Gasteiger partial charge in [-0.2, -0.15) is 0 Å². The highest BCUT2D eigenvalue weighted by Gasteiger charge is 2.42. The second kappa shape index (κ2) is 6.78. The van der Waals surface area contributed by atoms with E-state index in [-0.39, 0.29) is 17.8 Å². The van der Waals surface area contributed by atoms with Crippen LogP contribution >= 0.6 is 0 Å². The fourth-order valence-electron chi connectivity index (χ4n) is 4.06. The number of aromatic nitrogens is 3. The van der Waals surface area contributed by atoms with E-state index < -0.39 is 0 Å². The average Bonchev–Trinajstić information content (AvgIpc) is 3.32. The van der Waals surface area contributed by atoms with Crippen LogP contribution in [0.4, 0.5) is 0 Å². The Hall–Kier alpha value is -1.51. The normalized spacial score (nSPS) is 28.5. The van der Waals surface area contributed by atoms with Gasteiger partial charge >= 0.3 is 0 Å². The van der Waals surface area contributed by atoms with Crippen LogP contribution in [0.3, 0.4) is 0 Å². The van der Waals surface area contributed by atoms with Gasteiger partial charge in [-0.1, -0.05) is 0 Å². The van der Waals surface area contributed by atoms with E-state index in [4.69, 9.17) is 4.74 Å². The predicted octanol–water partition coefficient (Wildman–Crippen LogP) is -0.564. The third-order valence-electron chi connectivity index (χ3n) is 5.40. The molecule has 132 valence electrons. The Morgan fingerprint density at radius 2 is 2.08 bits per heavy atom. The summed E-state index contributed by atoms with van der Waals surface area (Å²) in [6, 6.07) is 0.300. The molecular formula is C16H26N6O2. The number of carbonyl (C=O) groups excluding carboxylic acids is 1. The van der Waals surface area contributed by atoms with Crippen molar-refractivity contribution >= 4 is 5.91 Å². The number of fused-ring (bicyclic) bond motifs is 1. The maximum atomic E-state index is 12.6. The molecule has 3 aliphatic rings. The highest BCUT2D eigenvalue weighted by molar-refractivity contribution is 5.90. The fraction of sp³-hybridized carbons (Fsp3) is 0.812. The van der Waals surface area contributed by atoms with Gasteiger partial charge in [-0.3, -0.25) is 14.4 Å². The van der Waals surface area contributed by atoms with Crippen LogP contribution in [0.15, 0.2) is 6.33 Å². The topological polar surface area (TPSA) is 66.7 Å². The predicted molar refractivity (Wildman–Crippen MR) is 87.7 cm³/mol. The highest BCUT2D eigenvalue weighted by atomic mass is 16.5. The molecule has 0 radical (unpaired) electrons. The maximum Gasteiger partial charge on any atom is 0.293 e. The molecule has 8 heteroatoms. The summed E-state index contributed by atoms with van der Waals surface area (Å²) in [6.45, 7) is 7.71. The van der Waals surface area contributed by atoms with Crippen LogP contribution in [0.1, 0.15) is 23.5 Å². The third-order valence-corrected chi connectivity index (χ3v) is 5.40. The van der Waals surface area contributed by atoms with Gasteiger partial charge in [0.05, 0.1) is 18.8 Å². The zero-order chi connectivity index (χ0) is 16.5. The van der Waals surface area contributed by atoms with Crippen molar-refractivity contribution in [1.29, 1.82) is 0 Å². The second-order valence-corrected chi connectivity index (χ2v) is 7.01. The molecule has 0 unspecified atom stereocenters. The summed E-state index contributed by atoms with van der Waals surface area (Å²) in [6.07, 6.45) is 4.34. The third kappa shape index (κ3) is 3.18. The number of nitrogens with zero attached hydrogens (tertiary/aromatic N) is 6. The van der Waals surface area contributed by atoms with Gasteiger partial charge in [0.15, 0.2) is 0 Å². The van der Waals surface area contributed by atoms with E-state index in [0.29, 0.717) is 19.1 Å². The van der Waals surface area contributed by atoms with Crippen LogP contribution < -0.4 is 0 Å². The number of aryl methyl sites for hydroxylation is 1. The highest BCUT2D eigenvalue weighted by Crippen LogP contribution is 2.24. The summed E-state index contributed by atoms with van der Waals surface area (Å²) in [7, 11) is 1.77. The molecule has 1 aromatic heterocycles. The van der Waals surface area contributed by atoms with Crippen LogP contribution in [0, 0.1) is 0 Å². The molecule has 24 heavy (non-hydrogen) atoms. The molecule has 8 nitrogen and oxygen atoms in total. The first kappa shape index (κ1) is 16.0. The van der Waals surface area contributed by atoms with Crippen molar-refractivity contribution in [3.63, 3.8) is 0 Å². The van der Waals surface area contributed by atoms with Crippen LogP contribution in [-0.4, -0.2) is 99.9 Å². The molecule has 1 amide bonds. The fourth-order valence-corrected chi connectivity index (χ4v) is 4.06. The lowest BCUT2D eigenvalue weighted by atomic mass is 10.1. The first-order chi connectivity index (χ1) is 11.7. The van der Waals surface area contributed by atoms with Gasteiger partial charge in [0.1, 0.15) is 6.33 Å². The van der Waals surface area contributed by atoms with Crippen molar-refractivity contribution in [1.82, 2.24) is 29.5 Å². The second-order valence-electron chi connectivity index (χ2n) is 7.01. The van der Waals surface area contributed by atoms with Crippen molar-refractivity contribution in [3.05, 3.63) is 12.2 Å². The zero-order valence-corrected chi connectivity index (χ0v) is 14.3. The Morgan fingerprint density at radius 1 is 1.25 bits per heavy atom. The standard InChI is InChI=1S/C16H26N6O2/c1-19-12-17-15(18-19)16(23)22-10-13-14(11-22)24-9-8-21(13)7-6-20-4-2-3-5-20/h12-14H,2-11H2,1H3/t13-,14+/m1/s1. The van der Waals surface area contributed by atoms with E-state index >= 15 is 0 Å². The molecule has 0 spiro atoms. The van der Waals surface area contributed by atoms with Crippen molar-refractivity contribution < 1.29 is 9.53 Å². The minimum absolute atomic E-state index is 0.0897. The van der Waals surface area contributed by atoms with Crippen LogP contribution in [0.2, 0.25) is 0 Å². The lowest BCUT2D eigenvalue weighted by Crippen LogP contribution is -2.52. The largest absolute Gasteiger partial charge is 0.373 e. The molecule has 0 aromatic carbocycles. The van der Waals surface area contributed by atoms with E-state index in [1.807, 2.05) is 4.90 Å². The lowest BCUT2D eigenvalue weighted by molar-refractivity contribution is -0.0487. The van der Waals surface area contributed by atoms with Gasteiger partial charge in [0, 0.05) is 39.8 Å². The molecule has 0 saturated carbocycles. The Bertz CT molecular complexity index is 585. The van der Waals surface area contributed by atoms with E-state index in [1.54, 1.807) is 18.1 Å². The van der Waals surface area contributed by atoms with E-state index in [2.05, 4.69) is 19.9 Å². The van der Waals surface area contributed by atoms with Crippen molar-refractivity contribution in [3.8, 4) is 0 Å². The smallest absolute Gasteiger partial charge is 0.293 e. The molecule has 4 heterocycles.